The number of ether oxygens (including phenoxy) is 1. The van der Waals surface area contributed by atoms with Crippen LogP contribution in [0.5, 0.6) is 0 Å². The van der Waals surface area contributed by atoms with Crippen molar-refractivity contribution in [2.24, 2.45) is 10.8 Å². The van der Waals surface area contributed by atoms with Crippen LogP contribution in [-0.2, 0) is 4.74 Å². The first-order chi connectivity index (χ1) is 6.02. The monoisotopic (exact) mass is 185 g/mol. The van der Waals surface area contributed by atoms with Gasteiger partial charge in [0.15, 0.2) is 0 Å². The minimum Gasteiger partial charge on any atom is -0.379 e. The summed E-state index contributed by atoms with van der Waals surface area (Å²) < 4.78 is 5.64. The molecular formula is C11H23NO. The van der Waals surface area contributed by atoms with E-state index < -0.39 is 0 Å². The molecule has 1 aliphatic rings. The molecule has 1 fully saturated rings. The van der Waals surface area contributed by atoms with Crippen molar-refractivity contribution in [1.29, 1.82) is 0 Å². The molecule has 78 valence electrons. The first-order valence-electron chi connectivity index (χ1n) is 5.30. The van der Waals surface area contributed by atoms with Gasteiger partial charge in [-0.15, -0.1) is 0 Å². The van der Waals surface area contributed by atoms with Crippen LogP contribution in [0.4, 0.5) is 0 Å². The Hall–Kier alpha value is -0.0800. The molecule has 0 aromatic carbocycles. The van der Waals surface area contributed by atoms with E-state index in [0.29, 0.717) is 5.41 Å². The SMILES string of the molecule is CCC(C)(C)C1(C)CNCCOC1. The van der Waals surface area contributed by atoms with E-state index in [1.807, 2.05) is 0 Å². The van der Waals surface area contributed by atoms with Gasteiger partial charge < -0.3 is 10.1 Å². The third-order valence-electron chi connectivity index (χ3n) is 3.88. The Bertz CT molecular complexity index is 157. The average molecular weight is 185 g/mol. The number of hydrogen-bond acceptors (Lipinski definition) is 2. The molecule has 1 saturated heterocycles. The molecule has 1 aliphatic heterocycles. The topological polar surface area (TPSA) is 21.3 Å². The molecule has 0 aromatic rings. The standard InChI is InChI=1S/C11H23NO/c1-5-10(2,3)11(4)8-12-6-7-13-9-11/h12H,5-9H2,1-4H3. The zero-order valence-corrected chi connectivity index (χ0v) is 9.44. The van der Waals surface area contributed by atoms with Gasteiger partial charge in [0.2, 0.25) is 0 Å². The highest BCUT2D eigenvalue weighted by Crippen LogP contribution is 2.41. The fraction of sp³-hybridized carbons (Fsp3) is 1.00. The zero-order valence-electron chi connectivity index (χ0n) is 9.44. The van der Waals surface area contributed by atoms with Crippen molar-refractivity contribution in [3.05, 3.63) is 0 Å². The molecule has 0 aromatic heterocycles. The molecule has 0 amide bonds. The Morgan fingerprint density at radius 1 is 1.46 bits per heavy atom. The summed E-state index contributed by atoms with van der Waals surface area (Å²) in [6.07, 6.45) is 1.20. The van der Waals surface area contributed by atoms with Crippen molar-refractivity contribution in [1.82, 2.24) is 5.32 Å². The van der Waals surface area contributed by atoms with Gasteiger partial charge in [0, 0.05) is 18.5 Å². The number of rotatable bonds is 2. The second-order valence-corrected chi connectivity index (χ2v) is 5.03. The Labute approximate surface area is 82.0 Å². The van der Waals surface area contributed by atoms with Crippen LogP contribution in [-0.4, -0.2) is 26.3 Å². The summed E-state index contributed by atoms with van der Waals surface area (Å²) in [5, 5.41) is 3.45. The van der Waals surface area contributed by atoms with Crippen molar-refractivity contribution in [3.8, 4) is 0 Å². The van der Waals surface area contributed by atoms with Crippen molar-refractivity contribution in [2.75, 3.05) is 26.3 Å². The molecule has 0 bridgehead atoms. The van der Waals surface area contributed by atoms with E-state index in [2.05, 4.69) is 33.0 Å². The maximum atomic E-state index is 5.64. The fourth-order valence-electron chi connectivity index (χ4n) is 1.72. The van der Waals surface area contributed by atoms with E-state index in [0.717, 1.165) is 26.3 Å². The summed E-state index contributed by atoms with van der Waals surface area (Å²) in [5.74, 6) is 0. The second-order valence-electron chi connectivity index (χ2n) is 5.03. The van der Waals surface area contributed by atoms with Gasteiger partial charge in [-0.3, -0.25) is 0 Å². The van der Waals surface area contributed by atoms with Crippen molar-refractivity contribution < 1.29 is 4.74 Å². The Kier molecular flexibility index (Phi) is 3.36. The van der Waals surface area contributed by atoms with E-state index in [-0.39, 0.29) is 5.41 Å². The summed E-state index contributed by atoms with van der Waals surface area (Å²) in [6.45, 7) is 13.1. The second kappa shape index (κ2) is 3.97. The summed E-state index contributed by atoms with van der Waals surface area (Å²) in [4.78, 5) is 0. The molecule has 1 atom stereocenters. The molecule has 0 radical (unpaired) electrons. The van der Waals surface area contributed by atoms with Gasteiger partial charge in [0.05, 0.1) is 13.2 Å². The van der Waals surface area contributed by atoms with Crippen LogP contribution >= 0.6 is 0 Å². The summed E-state index contributed by atoms with van der Waals surface area (Å²) in [6, 6.07) is 0. The lowest BCUT2D eigenvalue weighted by molar-refractivity contribution is -0.00234. The van der Waals surface area contributed by atoms with E-state index >= 15 is 0 Å². The molecule has 0 saturated carbocycles. The van der Waals surface area contributed by atoms with Crippen LogP contribution in [0.15, 0.2) is 0 Å². The van der Waals surface area contributed by atoms with Gasteiger partial charge in [-0.1, -0.05) is 34.1 Å². The van der Waals surface area contributed by atoms with Crippen molar-refractivity contribution in [3.63, 3.8) is 0 Å². The molecule has 1 unspecified atom stereocenters. The molecule has 0 aliphatic carbocycles. The predicted molar refractivity (Wildman–Crippen MR) is 55.9 cm³/mol. The highest BCUT2D eigenvalue weighted by Gasteiger charge is 2.40. The number of nitrogens with one attached hydrogen (secondary N) is 1. The Morgan fingerprint density at radius 3 is 2.77 bits per heavy atom. The molecular weight excluding hydrogens is 162 g/mol. The maximum Gasteiger partial charge on any atom is 0.0591 e. The van der Waals surface area contributed by atoms with Gasteiger partial charge in [-0.25, -0.2) is 0 Å². The van der Waals surface area contributed by atoms with E-state index in [1.54, 1.807) is 0 Å². The minimum atomic E-state index is 0.276. The van der Waals surface area contributed by atoms with Gasteiger partial charge >= 0.3 is 0 Å². The molecule has 2 heteroatoms. The lowest BCUT2D eigenvalue weighted by Crippen LogP contribution is -2.44. The predicted octanol–water partition coefficient (Wildman–Crippen LogP) is 2.05. The van der Waals surface area contributed by atoms with Crippen molar-refractivity contribution >= 4 is 0 Å². The third-order valence-corrected chi connectivity index (χ3v) is 3.88. The molecule has 0 spiro atoms. The Morgan fingerprint density at radius 2 is 2.15 bits per heavy atom. The lowest BCUT2D eigenvalue weighted by atomic mass is 9.65. The first-order valence-corrected chi connectivity index (χ1v) is 5.30. The molecule has 1 heterocycles. The smallest absolute Gasteiger partial charge is 0.0591 e. The van der Waals surface area contributed by atoms with Crippen LogP contribution in [0.2, 0.25) is 0 Å². The van der Waals surface area contributed by atoms with Crippen LogP contribution in [0.3, 0.4) is 0 Å². The van der Waals surface area contributed by atoms with Crippen LogP contribution in [0.25, 0.3) is 0 Å². The van der Waals surface area contributed by atoms with E-state index in [1.165, 1.54) is 6.42 Å². The van der Waals surface area contributed by atoms with Crippen LogP contribution < -0.4 is 5.32 Å². The maximum absolute atomic E-state index is 5.64. The number of hydrogen-bond donors (Lipinski definition) is 1. The van der Waals surface area contributed by atoms with Crippen LogP contribution in [0, 0.1) is 10.8 Å². The molecule has 2 nitrogen and oxygen atoms in total. The quantitative estimate of drug-likeness (QED) is 0.711. The minimum absolute atomic E-state index is 0.276. The van der Waals surface area contributed by atoms with Gasteiger partial charge in [0.1, 0.15) is 0 Å². The first kappa shape index (κ1) is 11.0. The van der Waals surface area contributed by atoms with Gasteiger partial charge in [0.25, 0.3) is 0 Å². The van der Waals surface area contributed by atoms with E-state index in [9.17, 15) is 0 Å². The highest BCUT2D eigenvalue weighted by molar-refractivity contribution is 4.91. The summed E-state index contributed by atoms with van der Waals surface area (Å²) in [7, 11) is 0. The molecule has 1 rings (SSSR count). The fourth-order valence-corrected chi connectivity index (χ4v) is 1.72. The van der Waals surface area contributed by atoms with Crippen LogP contribution in [0.1, 0.15) is 34.1 Å². The van der Waals surface area contributed by atoms with Gasteiger partial charge in [-0.2, -0.15) is 0 Å². The van der Waals surface area contributed by atoms with Crippen molar-refractivity contribution in [2.45, 2.75) is 34.1 Å². The summed E-state index contributed by atoms with van der Waals surface area (Å²) >= 11 is 0. The normalized spacial score (nSPS) is 31.4. The third kappa shape index (κ3) is 2.23. The van der Waals surface area contributed by atoms with Gasteiger partial charge in [-0.05, 0) is 5.41 Å². The van der Waals surface area contributed by atoms with E-state index in [4.69, 9.17) is 4.74 Å². The lowest BCUT2D eigenvalue weighted by Gasteiger charge is -2.43. The highest BCUT2D eigenvalue weighted by atomic mass is 16.5. The zero-order chi connectivity index (χ0) is 9.95. The Balaban J connectivity index is 2.71. The largest absolute Gasteiger partial charge is 0.379 e. The summed E-state index contributed by atoms with van der Waals surface area (Å²) in [5.41, 5.74) is 0.628. The molecule has 13 heavy (non-hydrogen) atoms. The molecule has 1 N–H and O–H groups in total. The average Bonchev–Trinajstić information content (AvgIpc) is 2.31.